The van der Waals surface area contributed by atoms with E-state index in [9.17, 15) is 10.3 Å². The summed E-state index contributed by atoms with van der Waals surface area (Å²) in [5, 5.41) is 13.1. The van der Waals surface area contributed by atoms with Crippen molar-refractivity contribution in [3.63, 3.8) is 0 Å². The monoisotopic (exact) mass is 802 g/mol. The number of nitrogens with zero attached hydrogens (tertiary/aromatic N) is 4. The van der Waals surface area contributed by atoms with Crippen molar-refractivity contribution in [2.75, 3.05) is 19.8 Å². The van der Waals surface area contributed by atoms with E-state index in [0.717, 1.165) is 22.3 Å². The van der Waals surface area contributed by atoms with Gasteiger partial charge < -0.3 is 24.1 Å². The van der Waals surface area contributed by atoms with Gasteiger partial charge in [0.05, 0.1) is 6.61 Å². The molecule has 1 heterocycles. The molecule has 0 radical (unpaired) electrons. The van der Waals surface area contributed by atoms with Crippen molar-refractivity contribution < 1.29 is 28.8 Å². The minimum Gasteiger partial charge on any atom is -0.494 e. The lowest BCUT2D eigenvalue weighted by molar-refractivity contribution is -0.130. The van der Waals surface area contributed by atoms with Crippen LogP contribution in [0.2, 0.25) is 0 Å². The third-order valence-corrected chi connectivity index (χ3v) is 9.94. The van der Waals surface area contributed by atoms with Crippen LogP contribution in [-0.2, 0) is 35.6 Å². The molecule has 0 fully saturated rings. The zero-order chi connectivity index (χ0) is 41.4. The Morgan fingerprint density at radius 1 is 0.750 bits per heavy atom. The summed E-state index contributed by atoms with van der Waals surface area (Å²) in [6.07, 6.45) is 0.266. The summed E-state index contributed by atoms with van der Waals surface area (Å²) in [4.78, 5) is 22.9. The van der Waals surface area contributed by atoms with Gasteiger partial charge >= 0.3 is 0 Å². The van der Waals surface area contributed by atoms with Crippen LogP contribution >= 0.6 is 0 Å². The van der Waals surface area contributed by atoms with E-state index in [2.05, 4.69) is 20.9 Å². The van der Waals surface area contributed by atoms with Crippen molar-refractivity contribution in [1.82, 2.24) is 10.9 Å². The van der Waals surface area contributed by atoms with Crippen LogP contribution in [0.3, 0.4) is 0 Å². The van der Waals surface area contributed by atoms with Crippen LogP contribution in [0.1, 0.15) is 45.9 Å². The van der Waals surface area contributed by atoms with E-state index in [1.165, 1.54) is 0 Å². The molecule has 60 heavy (non-hydrogen) atoms. The maximum absolute atomic E-state index is 14.8. The standard InChI is InChI=1S/C48H46N6O6/c49-54-52-42-20-11-10-19-41(42)45-48(32-36-13-4-1-5-14-36,51-46(60-45)39-22-24-40(25-23-39)57-30-12-29-55)47(56)53-50-28-27-35-21-26-43(58-33-37-15-6-2-7-16-37)44(31-35)59-34-38-17-8-3-9-18-38/h1-11,13-26,31,45,50,55H,12,27-30,32-34H2,(H,53,56)/t45-,48-/m0/s1. The lowest BCUT2D eigenvalue weighted by atomic mass is 9.81. The summed E-state index contributed by atoms with van der Waals surface area (Å²) in [5.74, 6) is 1.70. The second-order valence-electron chi connectivity index (χ2n) is 14.2. The average Bonchev–Trinajstić information content (AvgIpc) is 3.68. The summed E-state index contributed by atoms with van der Waals surface area (Å²) >= 11 is 0. The van der Waals surface area contributed by atoms with Gasteiger partial charge in [-0.3, -0.25) is 10.2 Å². The summed E-state index contributed by atoms with van der Waals surface area (Å²) < 4.78 is 24.9. The number of hydrogen-bond donors (Lipinski definition) is 3. The molecule has 6 aromatic rings. The summed E-state index contributed by atoms with van der Waals surface area (Å²) in [5.41, 5.74) is 19.4. The van der Waals surface area contributed by atoms with E-state index in [1.54, 1.807) is 30.3 Å². The SMILES string of the molecule is [N-]=[N+]=Nc1ccccc1[C@@H]1OC(c2ccc(OCCCO)cc2)=N[C@]1(Cc1ccccc1)C(=O)NNCCc1ccc(OCc2ccccc2)c(OCc2ccccc2)c1. The van der Waals surface area contributed by atoms with E-state index in [0.29, 0.717) is 73.3 Å². The molecule has 0 saturated carbocycles. The Hall–Kier alpha value is -7.11. The van der Waals surface area contributed by atoms with Crippen molar-refractivity contribution in [1.29, 1.82) is 0 Å². The van der Waals surface area contributed by atoms with Gasteiger partial charge in [-0.25, -0.2) is 10.4 Å². The largest absolute Gasteiger partial charge is 0.494 e. The first-order chi connectivity index (χ1) is 29.5. The van der Waals surface area contributed by atoms with Crippen LogP contribution in [0, 0.1) is 0 Å². The number of nitrogens with one attached hydrogen (secondary N) is 2. The summed E-state index contributed by atoms with van der Waals surface area (Å²) in [6.45, 7) is 1.56. The molecule has 0 spiro atoms. The minimum atomic E-state index is -1.53. The van der Waals surface area contributed by atoms with Crippen LogP contribution in [0.4, 0.5) is 5.69 Å². The zero-order valence-corrected chi connectivity index (χ0v) is 33.0. The Bertz CT molecular complexity index is 2390. The van der Waals surface area contributed by atoms with Gasteiger partial charge in [-0.15, -0.1) is 0 Å². The molecule has 0 aliphatic carbocycles. The van der Waals surface area contributed by atoms with Crippen LogP contribution in [0.15, 0.2) is 168 Å². The molecule has 0 saturated heterocycles. The van der Waals surface area contributed by atoms with Gasteiger partial charge in [-0.1, -0.05) is 126 Å². The Balaban J connectivity index is 1.13. The van der Waals surface area contributed by atoms with Crippen molar-refractivity contribution in [2.45, 2.75) is 44.1 Å². The second kappa shape index (κ2) is 20.5. The van der Waals surface area contributed by atoms with Crippen molar-refractivity contribution in [2.24, 2.45) is 10.1 Å². The quantitative estimate of drug-likeness (QED) is 0.0229. The third kappa shape index (κ3) is 10.5. The van der Waals surface area contributed by atoms with Crippen LogP contribution in [0.25, 0.3) is 10.4 Å². The highest BCUT2D eigenvalue weighted by Gasteiger charge is 2.54. The number of aliphatic hydroxyl groups is 1. The van der Waals surface area contributed by atoms with E-state index in [1.807, 2.05) is 127 Å². The van der Waals surface area contributed by atoms with Gasteiger partial charge in [0, 0.05) is 47.7 Å². The number of rotatable bonds is 20. The normalized spacial score (nSPS) is 15.6. The molecule has 12 heteroatoms. The lowest BCUT2D eigenvalue weighted by Crippen LogP contribution is -2.54. The van der Waals surface area contributed by atoms with Crippen molar-refractivity contribution in [3.05, 3.63) is 202 Å². The second-order valence-corrected chi connectivity index (χ2v) is 14.2. The first-order valence-electron chi connectivity index (χ1n) is 19.8. The Labute approximate surface area is 349 Å². The highest BCUT2D eigenvalue weighted by Crippen LogP contribution is 2.45. The molecule has 12 nitrogen and oxygen atoms in total. The van der Waals surface area contributed by atoms with Crippen molar-refractivity contribution >= 4 is 17.5 Å². The molecule has 6 aromatic carbocycles. The molecule has 0 aromatic heterocycles. The van der Waals surface area contributed by atoms with E-state index < -0.39 is 17.6 Å². The highest BCUT2D eigenvalue weighted by molar-refractivity contribution is 6.01. The number of azide groups is 1. The molecular weight excluding hydrogens is 757 g/mol. The van der Waals surface area contributed by atoms with E-state index >= 15 is 0 Å². The van der Waals surface area contributed by atoms with Crippen LogP contribution < -0.4 is 25.1 Å². The lowest BCUT2D eigenvalue weighted by Gasteiger charge is -2.31. The predicted octanol–water partition coefficient (Wildman–Crippen LogP) is 8.91. The fourth-order valence-corrected chi connectivity index (χ4v) is 6.88. The Morgan fingerprint density at radius 2 is 1.38 bits per heavy atom. The zero-order valence-electron chi connectivity index (χ0n) is 33.0. The predicted molar refractivity (Wildman–Crippen MR) is 230 cm³/mol. The number of aliphatic imine (C=N–C) groups is 1. The molecule has 1 aliphatic rings. The number of carbonyl (C=O) groups is 1. The molecular formula is C48H46N6O6. The number of ether oxygens (including phenoxy) is 4. The maximum Gasteiger partial charge on any atom is 0.266 e. The van der Waals surface area contributed by atoms with E-state index in [-0.39, 0.29) is 18.9 Å². The van der Waals surface area contributed by atoms with Gasteiger partial charge in [0.15, 0.2) is 23.1 Å². The molecule has 1 aliphatic heterocycles. The maximum atomic E-state index is 14.8. The number of carbonyl (C=O) groups excluding carboxylic acids is 1. The first kappa shape index (κ1) is 41.1. The highest BCUT2D eigenvalue weighted by atomic mass is 16.5. The smallest absolute Gasteiger partial charge is 0.266 e. The number of hydrazine groups is 1. The van der Waals surface area contributed by atoms with E-state index in [4.69, 9.17) is 29.0 Å². The topological polar surface area (TPSA) is 159 Å². The van der Waals surface area contributed by atoms with Gasteiger partial charge in [-0.05, 0) is 70.6 Å². The number of hydrogen-bond acceptors (Lipinski definition) is 9. The molecule has 1 amide bonds. The van der Waals surface area contributed by atoms with Crippen molar-refractivity contribution in [3.8, 4) is 17.2 Å². The third-order valence-electron chi connectivity index (χ3n) is 9.94. The molecule has 3 N–H and O–H groups in total. The molecule has 0 bridgehead atoms. The van der Waals surface area contributed by atoms with Crippen LogP contribution in [0.5, 0.6) is 17.2 Å². The summed E-state index contributed by atoms with van der Waals surface area (Å²) in [6, 6.07) is 49.7. The molecule has 2 atom stereocenters. The fraction of sp³-hybridized carbons (Fsp3) is 0.208. The molecule has 7 rings (SSSR count). The molecule has 304 valence electrons. The number of aliphatic hydroxyl groups excluding tert-OH is 1. The average molecular weight is 803 g/mol. The fourth-order valence-electron chi connectivity index (χ4n) is 6.88. The first-order valence-corrected chi connectivity index (χ1v) is 19.8. The number of benzene rings is 6. The van der Waals surface area contributed by atoms with Crippen LogP contribution in [-0.4, -0.2) is 42.2 Å². The Kier molecular flexibility index (Phi) is 14.1. The van der Waals surface area contributed by atoms with Gasteiger partial charge in [0.2, 0.25) is 5.90 Å². The summed E-state index contributed by atoms with van der Waals surface area (Å²) in [7, 11) is 0. The Morgan fingerprint density at radius 3 is 2.05 bits per heavy atom. The number of amides is 1. The minimum absolute atomic E-state index is 0.0328. The van der Waals surface area contributed by atoms with Gasteiger partial charge in [0.25, 0.3) is 5.91 Å². The van der Waals surface area contributed by atoms with Gasteiger partial charge in [0.1, 0.15) is 19.0 Å². The molecule has 0 unspecified atom stereocenters. The van der Waals surface area contributed by atoms with Gasteiger partial charge in [-0.2, -0.15) is 0 Å².